The van der Waals surface area contributed by atoms with Crippen molar-refractivity contribution >= 4 is 16.5 Å². The van der Waals surface area contributed by atoms with E-state index in [2.05, 4.69) is 39.0 Å². The Morgan fingerprint density at radius 1 is 1.05 bits per heavy atom. The van der Waals surface area contributed by atoms with Gasteiger partial charge in [-0.25, -0.2) is 0 Å². The number of hydrogen-bond donors (Lipinski definition) is 0. The summed E-state index contributed by atoms with van der Waals surface area (Å²) in [4.78, 5) is 9.56. The molecule has 1 aromatic carbocycles. The molecular formula is C17H21N3. The van der Waals surface area contributed by atoms with Crippen LogP contribution < -0.4 is 4.90 Å². The maximum absolute atomic E-state index is 4.31. The van der Waals surface area contributed by atoms with Crippen molar-refractivity contribution in [1.82, 2.24) is 9.88 Å². The number of nitrogens with zero attached hydrogens (tertiary/aromatic N) is 3. The summed E-state index contributed by atoms with van der Waals surface area (Å²) in [6.45, 7) is 4.83. The van der Waals surface area contributed by atoms with E-state index in [1.54, 1.807) is 0 Å². The minimum absolute atomic E-state index is 0.754. The van der Waals surface area contributed by atoms with Crippen LogP contribution >= 0.6 is 0 Å². The van der Waals surface area contributed by atoms with Crippen LogP contribution in [-0.2, 0) is 0 Å². The van der Waals surface area contributed by atoms with E-state index in [-0.39, 0.29) is 0 Å². The van der Waals surface area contributed by atoms with Crippen molar-refractivity contribution in [3.63, 3.8) is 0 Å². The zero-order valence-corrected chi connectivity index (χ0v) is 11.8. The molecule has 1 atom stereocenters. The lowest BCUT2D eigenvalue weighted by Crippen LogP contribution is -2.54. The molecule has 1 unspecified atom stereocenters. The van der Waals surface area contributed by atoms with Gasteiger partial charge in [-0.3, -0.25) is 9.88 Å². The molecule has 3 heteroatoms. The summed E-state index contributed by atoms with van der Waals surface area (Å²) in [5.74, 6) is 0. The molecule has 1 aromatic heterocycles. The average molecular weight is 267 g/mol. The molecule has 0 amide bonds. The van der Waals surface area contributed by atoms with Gasteiger partial charge >= 0.3 is 0 Å². The van der Waals surface area contributed by atoms with Gasteiger partial charge in [0, 0.05) is 49.1 Å². The van der Waals surface area contributed by atoms with Crippen LogP contribution in [0.5, 0.6) is 0 Å². The van der Waals surface area contributed by atoms with Gasteiger partial charge in [-0.05, 0) is 36.9 Å². The van der Waals surface area contributed by atoms with Gasteiger partial charge in [0.05, 0.1) is 0 Å². The standard InChI is InChI=1S/C17H21N3/c1-2-9-19-10-11-20(13-15(19)5-1)17-6-3-4-14-7-8-18-12-16(14)17/h3-4,6-8,12,15H,1-2,5,9-11,13H2. The predicted molar refractivity (Wildman–Crippen MR) is 83.2 cm³/mol. The van der Waals surface area contributed by atoms with Crippen molar-refractivity contribution in [2.75, 3.05) is 31.1 Å². The Balaban J connectivity index is 1.66. The molecule has 2 aliphatic heterocycles. The first-order valence-corrected chi connectivity index (χ1v) is 7.73. The lowest BCUT2D eigenvalue weighted by atomic mass is 9.98. The second-order valence-corrected chi connectivity index (χ2v) is 6.01. The van der Waals surface area contributed by atoms with Crippen molar-refractivity contribution in [2.24, 2.45) is 0 Å². The number of piperidine rings is 1. The number of benzene rings is 1. The van der Waals surface area contributed by atoms with Gasteiger partial charge in [-0.15, -0.1) is 0 Å². The molecule has 0 saturated carbocycles. The largest absolute Gasteiger partial charge is 0.368 e. The predicted octanol–water partition coefficient (Wildman–Crippen LogP) is 2.91. The number of anilines is 1. The quantitative estimate of drug-likeness (QED) is 0.792. The first-order valence-electron chi connectivity index (χ1n) is 7.73. The summed E-state index contributed by atoms with van der Waals surface area (Å²) < 4.78 is 0. The van der Waals surface area contributed by atoms with E-state index >= 15 is 0 Å². The molecule has 0 bridgehead atoms. The van der Waals surface area contributed by atoms with Gasteiger partial charge in [0.2, 0.25) is 0 Å². The summed E-state index contributed by atoms with van der Waals surface area (Å²) in [6.07, 6.45) is 8.03. The third kappa shape index (κ3) is 2.06. The number of pyridine rings is 1. The van der Waals surface area contributed by atoms with Crippen LogP contribution in [0.1, 0.15) is 19.3 Å². The fourth-order valence-corrected chi connectivity index (χ4v) is 3.75. The number of fused-ring (bicyclic) bond motifs is 2. The molecule has 2 fully saturated rings. The van der Waals surface area contributed by atoms with Gasteiger partial charge < -0.3 is 4.90 Å². The van der Waals surface area contributed by atoms with Crippen molar-refractivity contribution in [3.05, 3.63) is 36.7 Å². The second kappa shape index (κ2) is 5.06. The number of hydrogen-bond acceptors (Lipinski definition) is 3. The van der Waals surface area contributed by atoms with E-state index in [0.717, 1.165) is 12.6 Å². The molecule has 2 aliphatic rings. The number of aromatic nitrogens is 1. The topological polar surface area (TPSA) is 19.4 Å². The van der Waals surface area contributed by atoms with E-state index in [4.69, 9.17) is 0 Å². The van der Waals surface area contributed by atoms with Crippen LogP contribution in [0.4, 0.5) is 5.69 Å². The van der Waals surface area contributed by atoms with Crippen molar-refractivity contribution < 1.29 is 0 Å². The Kier molecular flexibility index (Phi) is 3.07. The Morgan fingerprint density at radius 3 is 3.05 bits per heavy atom. The fourth-order valence-electron chi connectivity index (χ4n) is 3.75. The molecule has 0 aliphatic carbocycles. The number of rotatable bonds is 1. The minimum atomic E-state index is 0.754. The first-order chi connectivity index (χ1) is 9.92. The molecule has 4 rings (SSSR count). The fraction of sp³-hybridized carbons (Fsp3) is 0.471. The third-order valence-corrected chi connectivity index (χ3v) is 4.84. The van der Waals surface area contributed by atoms with Crippen LogP contribution in [0.2, 0.25) is 0 Å². The Labute approximate surface area is 120 Å². The molecule has 0 N–H and O–H groups in total. The molecule has 2 saturated heterocycles. The average Bonchev–Trinajstić information content (AvgIpc) is 2.54. The summed E-state index contributed by atoms with van der Waals surface area (Å²) in [6, 6.07) is 9.46. The van der Waals surface area contributed by atoms with E-state index in [0.29, 0.717) is 0 Å². The zero-order chi connectivity index (χ0) is 13.4. The summed E-state index contributed by atoms with van der Waals surface area (Å²) in [5.41, 5.74) is 1.36. The molecule has 3 heterocycles. The Morgan fingerprint density at radius 2 is 2.05 bits per heavy atom. The molecule has 20 heavy (non-hydrogen) atoms. The molecular weight excluding hydrogens is 246 g/mol. The second-order valence-electron chi connectivity index (χ2n) is 6.01. The lowest BCUT2D eigenvalue weighted by molar-refractivity contribution is 0.133. The molecule has 0 radical (unpaired) electrons. The van der Waals surface area contributed by atoms with E-state index in [1.165, 1.54) is 55.4 Å². The highest BCUT2D eigenvalue weighted by molar-refractivity contribution is 5.93. The monoisotopic (exact) mass is 267 g/mol. The summed E-state index contributed by atoms with van der Waals surface area (Å²) in [7, 11) is 0. The van der Waals surface area contributed by atoms with Gasteiger partial charge in [-0.2, -0.15) is 0 Å². The third-order valence-electron chi connectivity index (χ3n) is 4.84. The highest BCUT2D eigenvalue weighted by atomic mass is 15.3. The van der Waals surface area contributed by atoms with Crippen LogP contribution in [-0.4, -0.2) is 42.1 Å². The Hall–Kier alpha value is -1.61. The van der Waals surface area contributed by atoms with Crippen LogP contribution in [0, 0.1) is 0 Å². The maximum atomic E-state index is 4.31. The first kappa shape index (κ1) is 12.2. The van der Waals surface area contributed by atoms with Crippen molar-refractivity contribution in [3.8, 4) is 0 Å². The van der Waals surface area contributed by atoms with Crippen LogP contribution in [0.3, 0.4) is 0 Å². The van der Waals surface area contributed by atoms with E-state index in [1.807, 2.05) is 12.4 Å². The van der Waals surface area contributed by atoms with Crippen LogP contribution in [0.15, 0.2) is 36.7 Å². The maximum Gasteiger partial charge on any atom is 0.0462 e. The van der Waals surface area contributed by atoms with Gasteiger partial charge in [0.1, 0.15) is 0 Å². The highest BCUT2D eigenvalue weighted by Gasteiger charge is 2.29. The van der Waals surface area contributed by atoms with E-state index in [9.17, 15) is 0 Å². The smallest absolute Gasteiger partial charge is 0.0462 e. The molecule has 2 aromatic rings. The molecule has 3 nitrogen and oxygen atoms in total. The van der Waals surface area contributed by atoms with Gasteiger partial charge in [0.25, 0.3) is 0 Å². The lowest BCUT2D eigenvalue weighted by Gasteiger charge is -2.45. The summed E-state index contributed by atoms with van der Waals surface area (Å²) >= 11 is 0. The summed E-state index contributed by atoms with van der Waals surface area (Å²) in [5, 5.41) is 2.59. The zero-order valence-electron chi connectivity index (χ0n) is 11.8. The molecule has 0 spiro atoms. The highest BCUT2D eigenvalue weighted by Crippen LogP contribution is 2.30. The Bertz CT molecular complexity index is 605. The van der Waals surface area contributed by atoms with Crippen molar-refractivity contribution in [2.45, 2.75) is 25.3 Å². The number of piperazine rings is 1. The normalized spacial score (nSPS) is 23.8. The van der Waals surface area contributed by atoms with E-state index < -0.39 is 0 Å². The van der Waals surface area contributed by atoms with Crippen LogP contribution in [0.25, 0.3) is 10.8 Å². The minimum Gasteiger partial charge on any atom is -0.368 e. The molecule has 104 valence electrons. The van der Waals surface area contributed by atoms with Gasteiger partial charge in [0.15, 0.2) is 0 Å². The van der Waals surface area contributed by atoms with Gasteiger partial charge in [-0.1, -0.05) is 18.6 Å². The SMILES string of the molecule is c1cc(N2CCN3CCCCC3C2)c2cnccc2c1. The van der Waals surface area contributed by atoms with Crippen molar-refractivity contribution in [1.29, 1.82) is 0 Å².